The van der Waals surface area contributed by atoms with Crippen molar-refractivity contribution in [1.82, 2.24) is 0 Å². The predicted octanol–water partition coefficient (Wildman–Crippen LogP) is -1.13. The molecule has 1 fully saturated rings. The van der Waals surface area contributed by atoms with E-state index in [1.807, 2.05) is 0 Å². The van der Waals surface area contributed by atoms with Crippen molar-refractivity contribution in [3.63, 3.8) is 0 Å². The van der Waals surface area contributed by atoms with Crippen LogP contribution in [0.5, 0.6) is 0 Å². The zero-order chi connectivity index (χ0) is 18.9. The van der Waals surface area contributed by atoms with Crippen LogP contribution in [0.15, 0.2) is 29.2 Å². The van der Waals surface area contributed by atoms with Gasteiger partial charge < -0.3 is 19.8 Å². The van der Waals surface area contributed by atoms with Gasteiger partial charge in [0, 0.05) is 35.9 Å². The quantitative estimate of drug-likeness (QED) is 0.347. The van der Waals surface area contributed by atoms with Crippen LogP contribution in [0.4, 0.5) is 5.69 Å². The van der Waals surface area contributed by atoms with Crippen LogP contribution in [0.25, 0.3) is 0 Å². The number of nitro benzene ring substituents is 1. The summed E-state index contributed by atoms with van der Waals surface area (Å²) in [5.74, 6) is -6.41. The van der Waals surface area contributed by atoms with E-state index in [4.69, 9.17) is 11.6 Å². The molecule has 0 spiro atoms. The number of aliphatic carboxylic acids is 2. The van der Waals surface area contributed by atoms with Crippen molar-refractivity contribution in [2.24, 2.45) is 11.8 Å². The van der Waals surface area contributed by atoms with Crippen molar-refractivity contribution in [2.75, 3.05) is 0 Å². The zero-order valence-corrected chi connectivity index (χ0v) is 14.1. The number of carbonyl (C=O) groups is 2. The summed E-state index contributed by atoms with van der Waals surface area (Å²) in [5.41, 5.74) is -0.452. The molecule has 11 heteroatoms. The summed E-state index contributed by atoms with van der Waals surface area (Å²) in [5, 5.41) is 30.5. The van der Waals surface area contributed by atoms with Gasteiger partial charge in [0.25, 0.3) is 5.69 Å². The Bertz CT molecular complexity index is 824. The monoisotopic (exact) mass is 389 g/mol. The fraction of sp³-hybridized carbons (Fsp3) is 0.429. The van der Waals surface area contributed by atoms with Crippen LogP contribution in [0, 0.1) is 22.0 Å². The highest BCUT2D eigenvalue weighted by Gasteiger charge is 2.44. The van der Waals surface area contributed by atoms with Crippen molar-refractivity contribution in [3.05, 3.63) is 34.4 Å². The molecule has 0 radical (unpaired) electrons. The lowest BCUT2D eigenvalue weighted by molar-refractivity contribution is -0.385. The number of hydrogen-bond donors (Lipinski definition) is 0. The number of carbonyl (C=O) groups excluding carboxylic acids is 2. The van der Waals surface area contributed by atoms with E-state index in [2.05, 4.69) is 0 Å². The normalized spacial score (nSPS) is 26.8. The molecule has 0 saturated heterocycles. The van der Waals surface area contributed by atoms with Gasteiger partial charge in [0.05, 0.1) is 20.4 Å². The zero-order valence-electron chi connectivity index (χ0n) is 12.5. The van der Waals surface area contributed by atoms with Crippen LogP contribution < -0.4 is 10.2 Å². The molecule has 0 unspecified atom stereocenters. The fourth-order valence-corrected chi connectivity index (χ4v) is 5.48. The molecular weight excluding hydrogens is 378 g/mol. The van der Waals surface area contributed by atoms with Gasteiger partial charge in [-0.25, -0.2) is 8.42 Å². The van der Waals surface area contributed by atoms with Gasteiger partial charge in [-0.3, -0.25) is 10.1 Å². The van der Waals surface area contributed by atoms with Crippen molar-refractivity contribution in [1.29, 1.82) is 0 Å². The van der Waals surface area contributed by atoms with Crippen molar-refractivity contribution >= 4 is 39.1 Å². The van der Waals surface area contributed by atoms with Crippen LogP contribution in [-0.4, -0.2) is 35.9 Å². The van der Waals surface area contributed by atoms with Gasteiger partial charge >= 0.3 is 0 Å². The van der Waals surface area contributed by atoms with Crippen LogP contribution in [0.2, 0.25) is 0 Å². The topological polar surface area (TPSA) is 158 Å². The molecule has 0 bridgehead atoms. The molecule has 0 aliphatic heterocycles. The maximum Gasteiger partial charge on any atom is 0.270 e. The summed E-state index contributed by atoms with van der Waals surface area (Å²) in [6.45, 7) is 0. The minimum atomic E-state index is -4.22. The first-order valence-electron chi connectivity index (χ1n) is 7.10. The Kier molecular flexibility index (Phi) is 5.33. The minimum absolute atomic E-state index is 0.388. The Morgan fingerprint density at radius 3 is 2.20 bits per heavy atom. The molecule has 4 atom stereocenters. The summed E-state index contributed by atoms with van der Waals surface area (Å²) in [7, 11) is -4.22. The summed E-state index contributed by atoms with van der Waals surface area (Å²) in [6, 6.07) is 4.26. The van der Waals surface area contributed by atoms with Gasteiger partial charge in [0.1, 0.15) is 0 Å². The molecule has 1 aromatic rings. The van der Waals surface area contributed by atoms with Crippen LogP contribution >= 0.6 is 11.6 Å². The van der Waals surface area contributed by atoms with E-state index in [0.29, 0.717) is 0 Å². The third kappa shape index (κ3) is 3.74. The number of hydrogen-bond acceptors (Lipinski definition) is 8. The van der Waals surface area contributed by atoms with Crippen molar-refractivity contribution in [3.8, 4) is 0 Å². The highest BCUT2D eigenvalue weighted by atomic mass is 35.5. The molecule has 0 N–H and O–H groups in total. The number of carboxylic acid groups (broad SMARTS) is 2. The predicted molar refractivity (Wildman–Crippen MR) is 79.9 cm³/mol. The van der Waals surface area contributed by atoms with Gasteiger partial charge in [0.15, 0.2) is 9.84 Å². The average Bonchev–Trinajstić information content (AvgIpc) is 2.54. The van der Waals surface area contributed by atoms with Gasteiger partial charge in [-0.15, -0.1) is 11.6 Å². The number of nitro groups is 1. The Morgan fingerprint density at radius 1 is 1.12 bits per heavy atom. The largest absolute Gasteiger partial charge is 0.550 e. The average molecular weight is 390 g/mol. The van der Waals surface area contributed by atoms with E-state index in [-0.39, 0.29) is 4.90 Å². The summed E-state index contributed by atoms with van der Waals surface area (Å²) < 4.78 is 25.5. The second kappa shape index (κ2) is 6.96. The second-order valence-electron chi connectivity index (χ2n) is 5.68. The summed E-state index contributed by atoms with van der Waals surface area (Å²) in [4.78, 5) is 31.9. The maximum absolute atomic E-state index is 12.7. The molecule has 1 aliphatic carbocycles. The lowest BCUT2D eigenvalue weighted by Crippen LogP contribution is -2.52. The number of alkyl halides is 1. The van der Waals surface area contributed by atoms with Gasteiger partial charge in [-0.1, -0.05) is 6.07 Å². The van der Waals surface area contributed by atoms with E-state index in [1.165, 1.54) is 6.07 Å². The third-order valence-electron chi connectivity index (χ3n) is 4.22. The Labute approximate surface area is 147 Å². The van der Waals surface area contributed by atoms with Crippen LogP contribution in [0.1, 0.15) is 12.8 Å². The van der Waals surface area contributed by atoms with Gasteiger partial charge in [-0.2, -0.15) is 0 Å². The molecule has 1 aromatic carbocycles. The van der Waals surface area contributed by atoms with E-state index < -0.39 is 67.7 Å². The molecule has 1 saturated carbocycles. The first-order valence-corrected chi connectivity index (χ1v) is 9.08. The molecule has 1 aliphatic rings. The van der Waals surface area contributed by atoms with Gasteiger partial charge in [0.2, 0.25) is 0 Å². The van der Waals surface area contributed by atoms with E-state index >= 15 is 0 Å². The maximum atomic E-state index is 12.7. The minimum Gasteiger partial charge on any atom is -0.550 e. The first-order chi connectivity index (χ1) is 11.6. The van der Waals surface area contributed by atoms with Crippen molar-refractivity contribution < 1.29 is 33.1 Å². The Morgan fingerprint density at radius 2 is 1.68 bits per heavy atom. The third-order valence-corrected chi connectivity index (χ3v) is 7.08. The lowest BCUT2D eigenvalue weighted by Gasteiger charge is -2.39. The smallest absolute Gasteiger partial charge is 0.270 e. The summed E-state index contributed by atoms with van der Waals surface area (Å²) >= 11 is 6.01. The van der Waals surface area contributed by atoms with E-state index in [9.17, 15) is 38.3 Å². The molecule has 2 rings (SSSR count). The van der Waals surface area contributed by atoms with Gasteiger partial charge in [-0.05, 0) is 18.9 Å². The Hall–Kier alpha value is -2.20. The standard InChI is InChI=1S/C14H14ClNO8S/c15-11-5-9(13(17)18)10(14(19)20)6-12(11)25(23,24)8-3-1-2-7(4-8)16(21)22/h1-4,9-12H,5-6H2,(H,17,18)(H,19,20)/p-2/t9-,10+,11+,12-/m1/s1. The number of sulfone groups is 1. The highest BCUT2D eigenvalue weighted by Crippen LogP contribution is 2.38. The summed E-state index contributed by atoms with van der Waals surface area (Å²) in [6.07, 6.45) is -1.01. The number of nitrogens with zero attached hydrogens (tertiary/aromatic N) is 1. The molecule has 0 aromatic heterocycles. The number of benzene rings is 1. The SMILES string of the molecule is O=C([O-])[C@H]1C[C@@H](S(=O)(=O)c2cccc([N+](=O)[O-])c2)[C@@H](Cl)C[C@H]1C(=O)[O-]. The van der Waals surface area contributed by atoms with E-state index in [0.717, 1.165) is 18.2 Å². The van der Waals surface area contributed by atoms with Crippen LogP contribution in [-0.2, 0) is 19.4 Å². The molecule has 0 heterocycles. The highest BCUT2D eigenvalue weighted by molar-refractivity contribution is 7.92. The fourth-order valence-electron chi connectivity index (χ4n) is 2.91. The number of rotatable bonds is 5. The molecule has 25 heavy (non-hydrogen) atoms. The number of carboxylic acids is 2. The van der Waals surface area contributed by atoms with E-state index in [1.54, 1.807) is 0 Å². The molecular formula is C14H12ClNO8S-2. The lowest BCUT2D eigenvalue weighted by atomic mass is 9.79. The Balaban J connectivity index is 2.42. The number of non-ortho nitro benzene ring substituents is 1. The molecule has 136 valence electrons. The number of halogens is 1. The van der Waals surface area contributed by atoms with Crippen LogP contribution in [0.3, 0.4) is 0 Å². The second-order valence-corrected chi connectivity index (χ2v) is 8.40. The molecule has 9 nitrogen and oxygen atoms in total. The first kappa shape index (κ1) is 19.1. The van der Waals surface area contributed by atoms with Crippen molar-refractivity contribution in [2.45, 2.75) is 28.4 Å². The molecule has 0 amide bonds.